The van der Waals surface area contributed by atoms with Crippen LogP contribution in [0.3, 0.4) is 0 Å². The molecule has 1 unspecified atom stereocenters. The number of aliphatic hydroxyl groups excluding tert-OH is 1. The number of carbonyl (C=O) groups is 2. The summed E-state index contributed by atoms with van der Waals surface area (Å²) in [5, 5.41) is 13.3. The smallest absolute Gasteiger partial charge is 0.253 e. The molecule has 1 heterocycles. The number of carbonyl (C=O) groups excluding carboxylic acids is 2. The maximum Gasteiger partial charge on any atom is 0.253 e. The lowest BCUT2D eigenvalue weighted by molar-refractivity contribution is 0.0718. The van der Waals surface area contributed by atoms with Crippen molar-refractivity contribution < 1.29 is 19.1 Å². The summed E-state index contributed by atoms with van der Waals surface area (Å²) in [6.45, 7) is 0.401. The van der Waals surface area contributed by atoms with Gasteiger partial charge < -0.3 is 20.7 Å². The predicted molar refractivity (Wildman–Crippen MR) is 112 cm³/mol. The summed E-state index contributed by atoms with van der Waals surface area (Å²) in [5.74, 6) is -1.36. The number of halogens is 1. The zero-order valence-electron chi connectivity index (χ0n) is 16.5. The number of benzene rings is 2. The normalized spacial score (nSPS) is 19.0. The number of nitrogens with one attached hydrogen (secondary N) is 1. The van der Waals surface area contributed by atoms with Gasteiger partial charge in [-0.05, 0) is 42.7 Å². The third kappa shape index (κ3) is 3.93. The first-order valence-corrected chi connectivity index (χ1v) is 10.1. The number of hydrogen-bond acceptors (Lipinski definition) is 3. The summed E-state index contributed by atoms with van der Waals surface area (Å²) >= 11 is 0. The summed E-state index contributed by atoms with van der Waals surface area (Å²) in [6.07, 6.45) is 4.31. The number of amides is 2. The number of aromatic nitrogens is 1. The van der Waals surface area contributed by atoms with Crippen LogP contribution in [0.15, 0.2) is 48.7 Å². The van der Waals surface area contributed by atoms with Gasteiger partial charge in [0.25, 0.3) is 5.91 Å². The minimum Gasteiger partial charge on any atom is -0.391 e. The minimum absolute atomic E-state index is 0.245. The molecule has 2 aromatic carbocycles. The molecule has 0 saturated heterocycles. The van der Waals surface area contributed by atoms with Crippen LogP contribution >= 0.6 is 0 Å². The number of nitrogens with zero attached hydrogens (tertiary/aromatic N) is 1. The van der Waals surface area contributed by atoms with E-state index in [1.165, 1.54) is 6.07 Å². The summed E-state index contributed by atoms with van der Waals surface area (Å²) in [6, 6.07) is 11.2. The lowest BCUT2D eigenvalue weighted by Crippen LogP contribution is -2.45. The van der Waals surface area contributed by atoms with E-state index in [0.29, 0.717) is 30.5 Å². The van der Waals surface area contributed by atoms with Crippen LogP contribution in [-0.2, 0) is 6.54 Å². The van der Waals surface area contributed by atoms with Crippen LogP contribution in [0.25, 0.3) is 10.9 Å². The zero-order valence-corrected chi connectivity index (χ0v) is 16.5. The van der Waals surface area contributed by atoms with Crippen molar-refractivity contribution in [3.05, 3.63) is 71.2 Å². The van der Waals surface area contributed by atoms with Crippen molar-refractivity contribution in [2.24, 2.45) is 5.73 Å². The number of rotatable bonds is 5. The van der Waals surface area contributed by atoms with Gasteiger partial charge >= 0.3 is 0 Å². The molecular weight excluding hydrogens is 385 g/mol. The van der Waals surface area contributed by atoms with Crippen molar-refractivity contribution >= 4 is 22.7 Å². The van der Waals surface area contributed by atoms with Crippen LogP contribution in [0.2, 0.25) is 0 Å². The van der Waals surface area contributed by atoms with Gasteiger partial charge in [0.2, 0.25) is 5.91 Å². The summed E-state index contributed by atoms with van der Waals surface area (Å²) in [5.41, 5.74) is 7.42. The van der Waals surface area contributed by atoms with Crippen molar-refractivity contribution in [2.45, 2.75) is 44.4 Å². The molecule has 30 heavy (non-hydrogen) atoms. The molecule has 156 valence electrons. The molecule has 0 bridgehead atoms. The van der Waals surface area contributed by atoms with E-state index < -0.39 is 17.8 Å². The Morgan fingerprint density at radius 3 is 2.57 bits per heavy atom. The fourth-order valence-corrected chi connectivity index (χ4v) is 4.11. The largest absolute Gasteiger partial charge is 0.391 e. The number of primary amides is 1. The zero-order chi connectivity index (χ0) is 21.3. The van der Waals surface area contributed by atoms with E-state index in [-0.39, 0.29) is 22.9 Å². The van der Waals surface area contributed by atoms with Crippen molar-refractivity contribution in [3.63, 3.8) is 0 Å². The minimum atomic E-state index is -0.579. The molecule has 0 aliphatic heterocycles. The molecule has 1 aliphatic carbocycles. The van der Waals surface area contributed by atoms with E-state index in [9.17, 15) is 19.1 Å². The van der Waals surface area contributed by atoms with Crippen LogP contribution in [0.1, 0.15) is 52.0 Å². The molecule has 2 atom stereocenters. The summed E-state index contributed by atoms with van der Waals surface area (Å²) < 4.78 is 16.5. The second-order valence-corrected chi connectivity index (χ2v) is 7.80. The predicted octanol–water partition coefficient (Wildman–Crippen LogP) is 2.96. The third-order valence-electron chi connectivity index (χ3n) is 5.74. The molecule has 3 aromatic rings. The van der Waals surface area contributed by atoms with Gasteiger partial charge in [-0.3, -0.25) is 9.59 Å². The Morgan fingerprint density at radius 1 is 1.13 bits per heavy atom. The molecule has 0 radical (unpaired) electrons. The van der Waals surface area contributed by atoms with Crippen LogP contribution in [0, 0.1) is 5.82 Å². The van der Waals surface area contributed by atoms with Gasteiger partial charge in [0.15, 0.2) is 0 Å². The second kappa shape index (κ2) is 8.28. The molecule has 2 amide bonds. The number of hydrogen-bond donors (Lipinski definition) is 3. The molecule has 7 heteroatoms. The number of aliphatic hydroxyl groups is 1. The van der Waals surface area contributed by atoms with E-state index in [4.69, 9.17) is 5.73 Å². The number of nitrogens with two attached hydrogens (primary N) is 1. The van der Waals surface area contributed by atoms with E-state index in [0.717, 1.165) is 18.4 Å². The van der Waals surface area contributed by atoms with E-state index >= 15 is 0 Å². The Kier molecular flexibility index (Phi) is 5.55. The summed E-state index contributed by atoms with van der Waals surface area (Å²) in [4.78, 5) is 24.2. The molecule has 1 fully saturated rings. The summed E-state index contributed by atoms with van der Waals surface area (Å²) in [7, 11) is 0. The SMILES string of the molecule is NC(=O)c1ccc(Cn2cc(C(=O)NC3CCCC[C@@H]3O)c3c(F)cccc32)cc1. The van der Waals surface area contributed by atoms with Gasteiger partial charge in [0, 0.05) is 23.7 Å². The first-order valence-electron chi connectivity index (χ1n) is 10.1. The van der Waals surface area contributed by atoms with Gasteiger partial charge in [-0.15, -0.1) is 0 Å². The van der Waals surface area contributed by atoms with Gasteiger partial charge in [0.1, 0.15) is 5.82 Å². The van der Waals surface area contributed by atoms with Crippen molar-refractivity contribution in [1.82, 2.24) is 9.88 Å². The van der Waals surface area contributed by atoms with E-state index in [1.54, 1.807) is 42.6 Å². The van der Waals surface area contributed by atoms with Gasteiger partial charge in [-0.1, -0.05) is 31.0 Å². The monoisotopic (exact) mass is 409 g/mol. The molecule has 0 spiro atoms. The fourth-order valence-electron chi connectivity index (χ4n) is 4.11. The van der Waals surface area contributed by atoms with Crippen LogP contribution < -0.4 is 11.1 Å². The van der Waals surface area contributed by atoms with E-state index in [2.05, 4.69) is 5.32 Å². The van der Waals surface area contributed by atoms with Gasteiger partial charge in [-0.2, -0.15) is 0 Å². The molecule has 4 rings (SSSR count). The molecular formula is C23H24FN3O3. The first kappa shape index (κ1) is 20.1. The molecule has 1 aromatic heterocycles. The first-order chi connectivity index (χ1) is 14.4. The van der Waals surface area contributed by atoms with Crippen LogP contribution in [0.4, 0.5) is 4.39 Å². The Bertz CT molecular complexity index is 1090. The Balaban J connectivity index is 1.65. The molecule has 4 N–H and O–H groups in total. The number of fused-ring (bicyclic) bond motifs is 1. The average molecular weight is 409 g/mol. The van der Waals surface area contributed by atoms with Crippen molar-refractivity contribution in [1.29, 1.82) is 0 Å². The Morgan fingerprint density at radius 2 is 1.87 bits per heavy atom. The fraction of sp³-hybridized carbons (Fsp3) is 0.304. The average Bonchev–Trinajstić information content (AvgIpc) is 3.10. The highest BCUT2D eigenvalue weighted by Crippen LogP contribution is 2.26. The maximum atomic E-state index is 14.7. The standard InChI is InChI=1S/C23H24FN3O3/c24-17-4-3-6-19-21(17)16(23(30)26-18-5-1-2-7-20(18)28)13-27(19)12-14-8-10-15(11-9-14)22(25)29/h3-4,6,8-11,13,18,20,28H,1-2,5,7,12H2,(H2,25,29)(H,26,30)/t18?,20-/m0/s1. The second-order valence-electron chi connectivity index (χ2n) is 7.80. The molecule has 1 saturated carbocycles. The third-order valence-corrected chi connectivity index (χ3v) is 5.74. The molecule has 6 nitrogen and oxygen atoms in total. The Hall–Kier alpha value is -3.19. The molecule has 1 aliphatic rings. The Labute approximate surface area is 173 Å². The van der Waals surface area contributed by atoms with Crippen molar-refractivity contribution in [3.8, 4) is 0 Å². The van der Waals surface area contributed by atoms with Crippen LogP contribution in [-0.4, -0.2) is 33.6 Å². The van der Waals surface area contributed by atoms with Crippen molar-refractivity contribution in [2.75, 3.05) is 0 Å². The van der Waals surface area contributed by atoms with E-state index in [1.807, 2.05) is 4.57 Å². The highest BCUT2D eigenvalue weighted by molar-refractivity contribution is 6.07. The topological polar surface area (TPSA) is 97.4 Å². The lowest BCUT2D eigenvalue weighted by atomic mass is 9.92. The highest BCUT2D eigenvalue weighted by Gasteiger charge is 2.27. The maximum absolute atomic E-state index is 14.7. The lowest BCUT2D eigenvalue weighted by Gasteiger charge is -2.28. The highest BCUT2D eigenvalue weighted by atomic mass is 19.1. The van der Waals surface area contributed by atoms with Crippen LogP contribution in [0.5, 0.6) is 0 Å². The quantitative estimate of drug-likeness (QED) is 0.604. The van der Waals surface area contributed by atoms with Gasteiger partial charge in [0.05, 0.1) is 23.2 Å². The van der Waals surface area contributed by atoms with Gasteiger partial charge in [-0.25, -0.2) is 4.39 Å².